The molecular formula is C83H137FN22O. The van der Waals surface area contributed by atoms with E-state index >= 15 is 0 Å². The number of ether oxygens (including phenoxy) is 1. The van der Waals surface area contributed by atoms with Gasteiger partial charge in [-0.2, -0.15) is 0 Å². The van der Waals surface area contributed by atoms with Crippen LogP contribution in [0.15, 0.2) is 152 Å². The first-order valence-electron chi connectivity index (χ1n) is 40.6. The largest absolute Gasteiger partial charge is 0.495 e. The highest BCUT2D eigenvalue weighted by molar-refractivity contribution is 5.58. The molecule has 0 atom stereocenters. The Kier molecular flexibility index (Phi) is 42.7. The number of nitrogens with zero attached hydrogens (tertiary/aromatic N) is 11. The molecule has 11 aliphatic heterocycles. The minimum absolute atomic E-state index is 0. The molecule has 0 spiro atoms. The summed E-state index contributed by atoms with van der Waals surface area (Å²) in [5.74, 6) is 2.65. The average molecular weight is 1480 g/mol. The van der Waals surface area contributed by atoms with Crippen molar-refractivity contribution in [1.29, 1.82) is 0 Å². The Labute approximate surface area is 643 Å². The molecule has 17 rings (SSSR count). The van der Waals surface area contributed by atoms with Gasteiger partial charge in [0.15, 0.2) is 0 Å². The molecule has 11 saturated heterocycles. The van der Waals surface area contributed by atoms with Gasteiger partial charge in [0.1, 0.15) is 17.4 Å². The van der Waals surface area contributed by atoms with Crippen molar-refractivity contribution in [2.24, 2.45) is 0 Å². The van der Waals surface area contributed by atoms with Crippen molar-refractivity contribution in [2.75, 3.05) is 274 Å². The number of benzene rings is 3. The summed E-state index contributed by atoms with van der Waals surface area (Å²) in [6.07, 6.45) is 21.6. The van der Waals surface area contributed by atoms with E-state index in [0.717, 1.165) is 192 Å². The highest BCUT2D eigenvalue weighted by atomic mass is 19.1. The maximum absolute atomic E-state index is 12.6. The van der Waals surface area contributed by atoms with E-state index < -0.39 is 0 Å². The van der Waals surface area contributed by atoms with Crippen LogP contribution in [-0.2, 0) is 0 Å². The molecule has 0 radical (unpaired) electrons. The first-order valence-corrected chi connectivity index (χ1v) is 40.6. The summed E-state index contributed by atoms with van der Waals surface area (Å²) in [4.78, 5) is 31.7. The summed E-state index contributed by atoms with van der Waals surface area (Å²) in [7, 11) is 3.88. The van der Waals surface area contributed by atoms with E-state index in [-0.39, 0.29) is 12.0 Å². The molecule has 592 valence electrons. The van der Waals surface area contributed by atoms with E-state index in [1.807, 2.05) is 67.4 Å². The number of pyridine rings is 3. The highest BCUT2D eigenvalue weighted by Gasteiger charge is 2.24. The van der Waals surface area contributed by atoms with Crippen molar-refractivity contribution in [3.8, 4) is 5.75 Å². The van der Waals surface area contributed by atoms with E-state index in [1.165, 1.54) is 171 Å². The third kappa shape index (κ3) is 33.2. The van der Waals surface area contributed by atoms with E-state index in [2.05, 4.69) is 187 Å². The van der Waals surface area contributed by atoms with Gasteiger partial charge in [-0.15, -0.1) is 0 Å². The van der Waals surface area contributed by atoms with Gasteiger partial charge in [0.05, 0.1) is 12.8 Å². The van der Waals surface area contributed by atoms with Crippen LogP contribution in [-0.4, -0.2) is 292 Å². The van der Waals surface area contributed by atoms with Crippen LogP contribution in [0.2, 0.25) is 0 Å². The molecule has 13 N–H and O–H groups in total. The quantitative estimate of drug-likeness (QED) is 0.0741. The number of methoxy groups -OCH3 is 1. The Morgan fingerprint density at radius 2 is 0.710 bits per heavy atom. The number of aromatic nitrogens is 3. The van der Waals surface area contributed by atoms with Gasteiger partial charge in [-0.1, -0.05) is 42.8 Å². The van der Waals surface area contributed by atoms with Crippen molar-refractivity contribution in [3.63, 3.8) is 0 Å². The second-order valence-corrected chi connectivity index (χ2v) is 28.8. The average Bonchev–Trinajstić information content (AvgIpc) is 0.850. The summed E-state index contributed by atoms with van der Waals surface area (Å²) in [5, 5.41) is 33.5. The second-order valence-electron chi connectivity index (χ2n) is 28.8. The molecule has 0 bridgehead atoms. The van der Waals surface area contributed by atoms with Gasteiger partial charge in [-0.05, 0) is 207 Å². The van der Waals surface area contributed by atoms with Gasteiger partial charge < -0.3 is 98.4 Å². The highest BCUT2D eigenvalue weighted by Crippen LogP contribution is 2.28. The number of nitrogens with one attached hydrogen (secondary N) is 10. The topological polar surface area (TPSA) is 229 Å². The first-order chi connectivity index (χ1) is 52.5. The maximum atomic E-state index is 12.6. The normalized spacial score (nSPS) is 20.6. The van der Waals surface area contributed by atoms with Crippen molar-refractivity contribution in [2.45, 2.75) is 75.8 Å². The number of anilines is 5. The van der Waals surface area contributed by atoms with Gasteiger partial charge in [0.25, 0.3) is 0 Å². The lowest BCUT2D eigenvalue weighted by Gasteiger charge is -2.37. The lowest BCUT2D eigenvalue weighted by atomic mass is 9.91. The van der Waals surface area contributed by atoms with E-state index in [4.69, 9.17) is 4.74 Å². The zero-order valence-corrected chi connectivity index (χ0v) is 65.4. The number of piperazine rings is 7. The van der Waals surface area contributed by atoms with Crippen LogP contribution in [0, 0.1) is 5.82 Å². The second kappa shape index (κ2) is 53.2. The third-order valence-electron chi connectivity index (χ3n) is 21.4. The Morgan fingerprint density at radius 1 is 0.336 bits per heavy atom. The predicted octanol–water partition coefficient (Wildman–Crippen LogP) is 6.52. The Morgan fingerprint density at radius 3 is 1.16 bits per heavy atom. The summed E-state index contributed by atoms with van der Waals surface area (Å²) in [6, 6.07) is 41.7. The Hall–Kier alpha value is -6.72. The number of likely N-dealkylation sites (N-methyl/N-ethyl adjacent to an activating group) is 1. The minimum Gasteiger partial charge on any atom is -0.495 e. The molecule has 11 fully saturated rings. The molecule has 6 aromatic rings. The monoisotopic (exact) mass is 1480 g/mol. The molecule has 3 aromatic heterocycles. The van der Waals surface area contributed by atoms with Crippen LogP contribution in [0.4, 0.5) is 33.0 Å². The zero-order valence-electron chi connectivity index (χ0n) is 65.4. The van der Waals surface area contributed by atoms with Crippen molar-refractivity contribution < 1.29 is 9.13 Å². The van der Waals surface area contributed by atoms with Crippen molar-refractivity contribution in [3.05, 3.63) is 164 Å². The molecule has 3 aromatic carbocycles. The fraction of sp³-hybridized carbons (Fsp3) is 0.602. The zero-order chi connectivity index (χ0) is 73.4. The fourth-order valence-electron chi connectivity index (χ4n) is 15.1. The van der Waals surface area contributed by atoms with Crippen LogP contribution in [0.1, 0.15) is 69.3 Å². The molecule has 23 nitrogen and oxygen atoms in total. The summed E-state index contributed by atoms with van der Waals surface area (Å²) >= 11 is 0. The molecule has 0 unspecified atom stereocenters. The number of piperidine rings is 4. The maximum Gasteiger partial charge on any atom is 0.142 e. The van der Waals surface area contributed by atoms with Crippen LogP contribution in [0.25, 0.3) is 0 Å². The summed E-state index contributed by atoms with van der Waals surface area (Å²) in [5.41, 5.74) is 6.40. The first kappa shape index (κ1) is 85.9. The number of rotatable bonds is 9. The summed E-state index contributed by atoms with van der Waals surface area (Å²) < 4.78 is 18.0. The SMILES string of the molecule is C1CC(N2CCNCC2)CCN1.C1CCN(C2CCNCC2)CC1.CN1CCNCC1.COc1ccccc1N1CCNCC1.Fc1ccc(N2CCNCC2)cc1.N.c1cc(C2CCNCC2)ccn1.c1cc(N2CCNCC2)ccn1.c1ccc(N2CCNCC2)cc1.c1ccc(N2CCNCC2)nc1. The van der Waals surface area contributed by atoms with Crippen molar-refractivity contribution in [1.82, 2.24) is 89.0 Å². The number of hydrogen-bond acceptors (Lipinski definition) is 23. The summed E-state index contributed by atoms with van der Waals surface area (Å²) in [6.45, 7) is 40.9. The molecule has 0 amide bonds. The molecule has 24 heteroatoms. The van der Waals surface area contributed by atoms with Gasteiger partial charge in [-0.25, -0.2) is 9.37 Å². The Balaban J connectivity index is 0.000000152. The van der Waals surface area contributed by atoms with Gasteiger partial charge in [0.2, 0.25) is 0 Å². The standard InChI is InChI=1S/C11H16N2O.C10H13FN2.C10H14N2.C10H20N2.C10H14N2.C9H19N3.2C9H13N3.C5H12N2.H3N/c1-14-11-5-3-2-4-10(11)13-8-6-12-7-9-13;11-9-1-3-10(4-2-9)13-7-5-12-6-8-13;1-5-11-6-2-9(1)10-3-7-12-8-4-10;1-2-8-12(9-3-1)10-4-6-11-7-5-10;1-2-4-10(5-3-1)12-8-6-11-7-9-12;2*1-3-10-4-2-9(1)12-7-5-11-6-8-12;1-2-4-11-9(3-1)12-7-5-10-6-8-12;1-7-4-2-6-3-5-7;/h2-5,12H,6-9H2,1H3;1-4,12H,5-8H2;1-2,5-6,10,12H,3-4,7-8H2;10-11H,1-9H2;1-5,11H,6-9H2;9-11H,1-8H2;1-4,11H,5-8H2;1-4,10H,5-8H2;6H,2-5H2,1H3;1H3. The van der Waals surface area contributed by atoms with Crippen molar-refractivity contribution >= 4 is 28.6 Å². The van der Waals surface area contributed by atoms with Gasteiger partial charge in [0, 0.05) is 243 Å². The smallest absolute Gasteiger partial charge is 0.142 e. The lowest BCUT2D eigenvalue weighted by molar-refractivity contribution is 0.136. The fourth-order valence-corrected chi connectivity index (χ4v) is 15.1. The number of para-hydroxylation sites is 3. The molecule has 107 heavy (non-hydrogen) atoms. The minimum atomic E-state index is -0.168. The molecule has 0 aliphatic carbocycles. The molecule has 14 heterocycles. The number of hydrogen-bond donors (Lipinski definition) is 11. The van der Waals surface area contributed by atoms with Crippen LogP contribution < -0.4 is 88.6 Å². The molecular weight excluding hydrogens is 1340 g/mol. The molecule has 0 saturated carbocycles. The number of likely N-dealkylation sites (tertiary alicyclic amines) is 1. The third-order valence-corrected chi connectivity index (χ3v) is 21.4. The predicted molar refractivity (Wildman–Crippen MR) is 446 cm³/mol. The number of halogens is 1. The van der Waals surface area contributed by atoms with Gasteiger partial charge >= 0.3 is 0 Å². The van der Waals surface area contributed by atoms with E-state index in [0.29, 0.717) is 0 Å². The van der Waals surface area contributed by atoms with E-state index in [1.54, 1.807) is 7.11 Å². The van der Waals surface area contributed by atoms with Crippen LogP contribution >= 0.6 is 0 Å². The van der Waals surface area contributed by atoms with Crippen LogP contribution in [0.5, 0.6) is 5.75 Å². The van der Waals surface area contributed by atoms with Crippen LogP contribution in [0.3, 0.4) is 0 Å². The molecule has 11 aliphatic rings. The van der Waals surface area contributed by atoms with E-state index in [9.17, 15) is 4.39 Å². The Bertz CT molecular complexity index is 2780. The van der Waals surface area contributed by atoms with Gasteiger partial charge in [-0.3, -0.25) is 14.9 Å². The lowest BCUT2D eigenvalue weighted by Crippen LogP contribution is -2.51.